The molecule has 0 fully saturated rings. The van der Waals surface area contributed by atoms with Gasteiger partial charge in [-0.3, -0.25) is 4.57 Å². The molecule has 262 valence electrons. The van der Waals surface area contributed by atoms with Crippen LogP contribution in [0.1, 0.15) is 26.7 Å². The number of rotatable bonds is 7. The van der Waals surface area contributed by atoms with E-state index in [2.05, 4.69) is 200 Å². The molecule has 0 radical (unpaired) electrons. The molecule has 0 bridgehead atoms. The summed E-state index contributed by atoms with van der Waals surface area (Å²) in [5.41, 5.74) is 11.9. The lowest BCUT2D eigenvalue weighted by Gasteiger charge is -2.20. The Kier molecular flexibility index (Phi) is 8.11. The van der Waals surface area contributed by atoms with Crippen LogP contribution in [0.2, 0.25) is 0 Å². The van der Waals surface area contributed by atoms with Crippen LogP contribution in [0.25, 0.3) is 105 Å². The molecule has 9 aromatic carbocycles. The molecule has 0 N–H and O–H groups in total. The monoisotopic (exact) mass is 704 g/mol. The summed E-state index contributed by atoms with van der Waals surface area (Å²) in [6.07, 6.45) is 4.48. The molecule has 2 nitrogen and oxygen atoms in total. The Morgan fingerprint density at radius 1 is 0.491 bits per heavy atom. The van der Waals surface area contributed by atoms with E-state index in [0.717, 1.165) is 35.3 Å². The Morgan fingerprint density at radius 3 is 1.65 bits per heavy atom. The zero-order valence-electron chi connectivity index (χ0n) is 31.1. The summed E-state index contributed by atoms with van der Waals surface area (Å²) in [6.45, 7) is 4.42. The van der Waals surface area contributed by atoms with Crippen LogP contribution in [0.5, 0.6) is 0 Å². The second-order valence-corrected chi connectivity index (χ2v) is 14.6. The van der Waals surface area contributed by atoms with Crippen molar-refractivity contribution in [1.29, 1.82) is 0 Å². The highest BCUT2D eigenvalue weighted by Crippen LogP contribution is 2.47. The molecule has 55 heavy (non-hydrogen) atoms. The van der Waals surface area contributed by atoms with Gasteiger partial charge in [-0.05, 0) is 108 Å². The molecule has 0 saturated carbocycles. The molecular formula is C53H40N2. The normalized spacial score (nSPS) is 12.1. The maximum Gasteiger partial charge on any atom is 0.145 e. The maximum atomic E-state index is 5.14. The van der Waals surface area contributed by atoms with Gasteiger partial charge in [0.2, 0.25) is 0 Å². The second-order valence-electron chi connectivity index (χ2n) is 14.6. The topological polar surface area (TPSA) is 17.8 Å². The van der Waals surface area contributed by atoms with Crippen molar-refractivity contribution >= 4 is 59.8 Å². The number of unbranched alkanes of at least 4 members (excludes halogenated alkanes) is 1. The van der Waals surface area contributed by atoms with Crippen LogP contribution in [0, 0.1) is 0 Å². The van der Waals surface area contributed by atoms with E-state index in [1.165, 1.54) is 82.2 Å². The van der Waals surface area contributed by atoms with Crippen molar-refractivity contribution in [3.63, 3.8) is 0 Å². The number of hydrogen-bond donors (Lipinski definition) is 0. The number of hydrogen-bond acceptors (Lipinski definition) is 1. The molecular weight excluding hydrogens is 665 g/mol. The van der Waals surface area contributed by atoms with Crippen LogP contribution in [-0.2, 0) is 0 Å². The maximum absolute atomic E-state index is 5.14. The fourth-order valence-electron chi connectivity index (χ4n) is 8.66. The number of imidazole rings is 1. The average Bonchev–Trinajstić information content (AvgIpc) is 3.64. The van der Waals surface area contributed by atoms with E-state index < -0.39 is 0 Å². The largest absolute Gasteiger partial charge is 0.297 e. The first kappa shape index (κ1) is 32.8. The van der Waals surface area contributed by atoms with Crippen molar-refractivity contribution in [1.82, 2.24) is 9.55 Å². The van der Waals surface area contributed by atoms with Gasteiger partial charge in [0.15, 0.2) is 0 Å². The van der Waals surface area contributed by atoms with E-state index in [1.807, 2.05) is 0 Å². The zero-order chi connectivity index (χ0) is 36.9. The van der Waals surface area contributed by atoms with E-state index in [-0.39, 0.29) is 0 Å². The van der Waals surface area contributed by atoms with E-state index in [0.29, 0.717) is 0 Å². The predicted molar refractivity (Wildman–Crippen MR) is 236 cm³/mol. The van der Waals surface area contributed by atoms with E-state index >= 15 is 0 Å². The average molecular weight is 705 g/mol. The van der Waals surface area contributed by atoms with Crippen LogP contribution in [0.15, 0.2) is 182 Å². The van der Waals surface area contributed by atoms with E-state index in [4.69, 9.17) is 4.98 Å². The molecule has 10 aromatic rings. The Hall–Kier alpha value is -6.77. The lowest BCUT2D eigenvalue weighted by Crippen LogP contribution is -1.97. The van der Waals surface area contributed by atoms with Crippen molar-refractivity contribution in [2.75, 3.05) is 0 Å². The van der Waals surface area contributed by atoms with Crippen molar-refractivity contribution in [2.24, 2.45) is 0 Å². The molecule has 10 rings (SSSR count). The molecule has 0 unspecified atom stereocenters. The molecule has 0 spiro atoms. The van der Waals surface area contributed by atoms with Crippen LogP contribution in [0.4, 0.5) is 0 Å². The van der Waals surface area contributed by atoms with Crippen molar-refractivity contribution in [3.8, 4) is 44.8 Å². The number of benzene rings is 9. The first-order valence-electron chi connectivity index (χ1n) is 19.4. The molecule has 0 aliphatic carbocycles. The van der Waals surface area contributed by atoms with Crippen molar-refractivity contribution in [2.45, 2.75) is 26.7 Å². The summed E-state index contributed by atoms with van der Waals surface area (Å²) in [5.74, 6) is 0.973. The van der Waals surface area contributed by atoms with Gasteiger partial charge in [0.25, 0.3) is 0 Å². The molecule has 1 aromatic heterocycles. The highest BCUT2D eigenvalue weighted by atomic mass is 15.1. The molecule has 1 heterocycles. The minimum Gasteiger partial charge on any atom is -0.297 e. The van der Waals surface area contributed by atoms with Gasteiger partial charge in [0, 0.05) is 11.3 Å². The van der Waals surface area contributed by atoms with Crippen LogP contribution >= 0.6 is 0 Å². The summed E-state index contributed by atoms with van der Waals surface area (Å²) >= 11 is 0. The highest BCUT2D eigenvalue weighted by Gasteiger charge is 2.20. The van der Waals surface area contributed by atoms with Crippen molar-refractivity contribution in [3.05, 3.63) is 182 Å². The number of para-hydroxylation sites is 2. The minimum absolute atomic E-state index is 0.973. The van der Waals surface area contributed by atoms with Gasteiger partial charge in [-0.2, -0.15) is 0 Å². The predicted octanol–water partition coefficient (Wildman–Crippen LogP) is 15.0. The van der Waals surface area contributed by atoms with Gasteiger partial charge in [0.05, 0.1) is 11.0 Å². The Labute approximate surface area is 321 Å². The van der Waals surface area contributed by atoms with E-state index in [1.54, 1.807) is 0 Å². The molecule has 0 saturated heterocycles. The van der Waals surface area contributed by atoms with Crippen LogP contribution in [-0.4, -0.2) is 9.55 Å². The third-order valence-corrected chi connectivity index (χ3v) is 11.3. The lowest BCUT2D eigenvalue weighted by molar-refractivity contribution is 0.948. The quantitative estimate of drug-likeness (QED) is 0.151. The van der Waals surface area contributed by atoms with Gasteiger partial charge in [-0.1, -0.05) is 177 Å². The summed E-state index contributed by atoms with van der Waals surface area (Å²) in [7, 11) is 0. The summed E-state index contributed by atoms with van der Waals surface area (Å²) in [5, 5.41) is 10.0. The number of fused-ring (bicyclic) bond motifs is 5. The fourth-order valence-corrected chi connectivity index (χ4v) is 8.66. The van der Waals surface area contributed by atoms with E-state index in [9.17, 15) is 0 Å². The van der Waals surface area contributed by atoms with Gasteiger partial charge in [-0.15, -0.1) is 0 Å². The highest BCUT2D eigenvalue weighted by molar-refractivity contribution is 6.25. The second kappa shape index (κ2) is 13.6. The third-order valence-electron chi connectivity index (χ3n) is 11.3. The summed E-state index contributed by atoms with van der Waals surface area (Å²) in [6, 6.07) is 64.4. The Balaban J connectivity index is 1.21. The van der Waals surface area contributed by atoms with Gasteiger partial charge >= 0.3 is 0 Å². The lowest BCUT2D eigenvalue weighted by atomic mass is 9.83. The molecule has 0 atom stereocenters. The SMILES string of the molecule is CCC/C=C(\C)n1c(-c2ccc(-c3ccc4c(-c5cccc6ccccc56)c5ccccc5c(-c5cccc6ccccc56)c4c3)cc2)nc2ccccc21. The Morgan fingerprint density at radius 2 is 1.00 bits per heavy atom. The van der Waals surface area contributed by atoms with Crippen LogP contribution < -0.4 is 0 Å². The van der Waals surface area contributed by atoms with Crippen molar-refractivity contribution < 1.29 is 0 Å². The van der Waals surface area contributed by atoms with Gasteiger partial charge in [-0.25, -0.2) is 4.98 Å². The number of nitrogens with zero attached hydrogens (tertiary/aromatic N) is 2. The number of aromatic nitrogens is 2. The fraction of sp³-hybridized carbons (Fsp3) is 0.0755. The van der Waals surface area contributed by atoms with Crippen LogP contribution in [0.3, 0.4) is 0 Å². The zero-order valence-corrected chi connectivity index (χ0v) is 31.1. The first-order valence-corrected chi connectivity index (χ1v) is 19.4. The molecule has 2 heteroatoms. The van der Waals surface area contributed by atoms with Gasteiger partial charge < -0.3 is 0 Å². The standard InChI is InChI=1S/C53H40N2/c1-3-4-15-35(2)55-50-27-12-11-26-49(50)54-53(55)39-30-28-36(29-31-39)40-32-33-47-48(34-40)52(44-25-14-19-38-17-6-8-21-42(38)44)46-23-10-9-22-45(46)51(47)43-24-13-18-37-16-5-7-20-41(37)43/h5-34H,3-4H2,1-2H3/b35-15+. The molecule has 0 aliphatic rings. The molecule has 0 amide bonds. The van der Waals surface area contributed by atoms with Gasteiger partial charge in [0.1, 0.15) is 5.82 Å². The Bertz CT molecular complexity index is 3100. The smallest absolute Gasteiger partial charge is 0.145 e. The number of allylic oxidation sites excluding steroid dienone is 2. The summed E-state index contributed by atoms with van der Waals surface area (Å²) in [4.78, 5) is 5.14. The third kappa shape index (κ3) is 5.53. The summed E-state index contributed by atoms with van der Waals surface area (Å²) < 4.78 is 2.31. The minimum atomic E-state index is 0.973. The molecule has 0 aliphatic heterocycles. The first-order chi connectivity index (χ1) is 27.2.